The molecule has 136 valence electrons. The molecule has 0 aliphatic carbocycles. The maximum Gasteiger partial charge on any atom is 0.270 e. The molecule has 1 aromatic heterocycles. The summed E-state index contributed by atoms with van der Waals surface area (Å²) in [6.45, 7) is 4.43. The van der Waals surface area contributed by atoms with E-state index in [0.717, 1.165) is 25.9 Å². The topological polar surface area (TPSA) is 91.3 Å². The van der Waals surface area contributed by atoms with Crippen LogP contribution in [0.1, 0.15) is 30.3 Å². The van der Waals surface area contributed by atoms with Gasteiger partial charge in [0.2, 0.25) is 0 Å². The lowest BCUT2D eigenvalue weighted by Gasteiger charge is -2.49. The van der Waals surface area contributed by atoms with Gasteiger partial charge in [0.05, 0.1) is 4.92 Å². The van der Waals surface area contributed by atoms with Gasteiger partial charge in [-0.05, 0) is 50.9 Å². The van der Waals surface area contributed by atoms with E-state index in [2.05, 4.69) is 22.1 Å². The number of benzene rings is 1. The number of hydrogen-bond donors (Lipinski definition) is 2. The highest BCUT2D eigenvalue weighted by molar-refractivity contribution is 5.93. The highest BCUT2D eigenvalue weighted by Crippen LogP contribution is 2.32. The van der Waals surface area contributed by atoms with E-state index in [-0.39, 0.29) is 17.6 Å². The molecule has 3 fully saturated rings. The number of rotatable bonds is 4. The molecule has 3 aliphatic rings. The summed E-state index contributed by atoms with van der Waals surface area (Å²) in [5.74, 6) is 0.428. The van der Waals surface area contributed by atoms with Gasteiger partial charge in [0.25, 0.3) is 11.6 Å². The second-order valence-electron chi connectivity index (χ2n) is 7.21. The molecule has 5 rings (SSSR count). The Kier molecular flexibility index (Phi) is 4.24. The highest BCUT2D eigenvalue weighted by Gasteiger charge is 2.40. The number of nitro groups is 1. The highest BCUT2D eigenvalue weighted by atomic mass is 16.6. The first-order valence-corrected chi connectivity index (χ1v) is 9.01. The van der Waals surface area contributed by atoms with E-state index < -0.39 is 4.92 Å². The van der Waals surface area contributed by atoms with E-state index in [1.807, 2.05) is 0 Å². The molecule has 1 amide bonds. The van der Waals surface area contributed by atoms with Crippen LogP contribution in [0.3, 0.4) is 0 Å². The molecule has 7 nitrogen and oxygen atoms in total. The van der Waals surface area contributed by atoms with Gasteiger partial charge in [-0.1, -0.05) is 12.1 Å². The van der Waals surface area contributed by atoms with Crippen LogP contribution in [0.15, 0.2) is 36.4 Å². The van der Waals surface area contributed by atoms with Crippen LogP contribution >= 0.6 is 0 Å². The Hall–Kier alpha value is -2.67. The maximum absolute atomic E-state index is 12.7. The number of hydrogen-bond acceptors (Lipinski definition) is 4. The van der Waals surface area contributed by atoms with Crippen molar-refractivity contribution in [2.75, 3.05) is 13.1 Å². The van der Waals surface area contributed by atoms with Gasteiger partial charge in [0.1, 0.15) is 5.69 Å². The van der Waals surface area contributed by atoms with E-state index in [9.17, 15) is 14.9 Å². The number of nitrogens with zero attached hydrogens (tertiary/aromatic N) is 2. The number of aromatic nitrogens is 1. The van der Waals surface area contributed by atoms with Crippen molar-refractivity contribution in [1.29, 1.82) is 0 Å². The molecule has 0 spiro atoms. The summed E-state index contributed by atoms with van der Waals surface area (Å²) in [7, 11) is 0. The molecule has 0 unspecified atom stereocenters. The van der Waals surface area contributed by atoms with Gasteiger partial charge < -0.3 is 10.3 Å². The Morgan fingerprint density at radius 1 is 1.27 bits per heavy atom. The van der Waals surface area contributed by atoms with Crippen LogP contribution in [0.25, 0.3) is 11.3 Å². The third kappa shape index (κ3) is 2.99. The monoisotopic (exact) mass is 354 g/mol. The van der Waals surface area contributed by atoms with Crippen molar-refractivity contribution >= 4 is 11.6 Å². The fourth-order valence-corrected chi connectivity index (χ4v) is 4.26. The van der Waals surface area contributed by atoms with Crippen molar-refractivity contribution in [3.63, 3.8) is 0 Å². The first kappa shape index (κ1) is 16.8. The Balaban J connectivity index is 1.50. The zero-order valence-corrected chi connectivity index (χ0v) is 14.6. The Bertz CT molecular complexity index is 837. The van der Waals surface area contributed by atoms with Crippen LogP contribution in [-0.4, -0.2) is 45.9 Å². The largest absolute Gasteiger partial charge is 0.351 e. The van der Waals surface area contributed by atoms with Gasteiger partial charge in [-0.3, -0.25) is 19.8 Å². The molecule has 0 radical (unpaired) electrons. The summed E-state index contributed by atoms with van der Waals surface area (Å²) in [6, 6.07) is 10.4. The van der Waals surface area contributed by atoms with Crippen molar-refractivity contribution in [3.05, 3.63) is 52.2 Å². The average molecular weight is 354 g/mol. The summed E-state index contributed by atoms with van der Waals surface area (Å²) in [4.78, 5) is 28.7. The number of amides is 1. The van der Waals surface area contributed by atoms with Crippen molar-refractivity contribution < 1.29 is 9.72 Å². The van der Waals surface area contributed by atoms with Gasteiger partial charge in [-0.25, -0.2) is 0 Å². The molecule has 3 saturated heterocycles. The SMILES string of the molecule is C[C@@H]1[C@H](NC(=O)c2ccc(-c3cccc([N+](=O)[O-])c3)[nH]2)C2CCN1CC2. The van der Waals surface area contributed by atoms with Crippen LogP contribution in [-0.2, 0) is 0 Å². The average Bonchev–Trinajstić information content (AvgIpc) is 3.15. The zero-order chi connectivity index (χ0) is 18.3. The quantitative estimate of drug-likeness (QED) is 0.652. The van der Waals surface area contributed by atoms with E-state index in [1.165, 1.54) is 12.1 Å². The Morgan fingerprint density at radius 2 is 2.04 bits per heavy atom. The number of fused-ring (bicyclic) bond motifs is 3. The maximum atomic E-state index is 12.7. The van der Waals surface area contributed by atoms with E-state index in [0.29, 0.717) is 28.9 Å². The third-order valence-corrected chi connectivity index (χ3v) is 5.77. The summed E-state index contributed by atoms with van der Waals surface area (Å²) in [5, 5.41) is 14.1. The van der Waals surface area contributed by atoms with Crippen LogP contribution in [0, 0.1) is 16.0 Å². The smallest absolute Gasteiger partial charge is 0.270 e. The van der Waals surface area contributed by atoms with Crippen molar-refractivity contribution in [2.24, 2.45) is 5.92 Å². The summed E-state index contributed by atoms with van der Waals surface area (Å²) < 4.78 is 0. The Morgan fingerprint density at radius 3 is 2.73 bits per heavy atom. The van der Waals surface area contributed by atoms with Gasteiger partial charge in [0.15, 0.2) is 0 Å². The minimum atomic E-state index is -0.422. The number of carbonyl (C=O) groups is 1. The second kappa shape index (κ2) is 6.57. The molecule has 1 aromatic carbocycles. The molecule has 2 N–H and O–H groups in total. The molecule has 26 heavy (non-hydrogen) atoms. The number of carbonyl (C=O) groups excluding carboxylic acids is 1. The normalized spacial score (nSPS) is 27.3. The van der Waals surface area contributed by atoms with Crippen LogP contribution in [0.5, 0.6) is 0 Å². The standard InChI is InChI=1S/C19H22N4O3/c1-12-18(13-7-9-22(12)10-8-13)21-19(24)17-6-5-16(20-17)14-3-2-4-15(11-14)23(25)26/h2-6,11-13,18,20H,7-10H2,1H3,(H,21,24)/t12-,18+/m1/s1. The van der Waals surface area contributed by atoms with Crippen LogP contribution in [0.2, 0.25) is 0 Å². The van der Waals surface area contributed by atoms with E-state index in [1.54, 1.807) is 24.3 Å². The minimum absolute atomic E-state index is 0.0317. The van der Waals surface area contributed by atoms with Crippen LogP contribution < -0.4 is 5.32 Å². The molecule has 4 heterocycles. The fourth-order valence-electron chi connectivity index (χ4n) is 4.26. The predicted molar refractivity (Wildman–Crippen MR) is 97.9 cm³/mol. The van der Waals surface area contributed by atoms with Crippen molar-refractivity contribution in [2.45, 2.75) is 31.8 Å². The molecule has 2 atom stereocenters. The lowest BCUT2D eigenvalue weighted by Crippen LogP contribution is -2.62. The van der Waals surface area contributed by atoms with E-state index >= 15 is 0 Å². The molecular formula is C19H22N4O3. The number of H-pyrrole nitrogens is 1. The van der Waals surface area contributed by atoms with E-state index in [4.69, 9.17) is 0 Å². The lowest BCUT2D eigenvalue weighted by molar-refractivity contribution is -0.384. The number of aromatic amines is 1. The predicted octanol–water partition coefficient (Wildman–Crippen LogP) is 2.80. The van der Waals surface area contributed by atoms with Crippen LogP contribution in [0.4, 0.5) is 5.69 Å². The number of nitro benzene ring substituents is 1. The van der Waals surface area contributed by atoms with Gasteiger partial charge in [-0.2, -0.15) is 0 Å². The second-order valence-corrected chi connectivity index (χ2v) is 7.21. The van der Waals surface area contributed by atoms with Crippen molar-refractivity contribution in [1.82, 2.24) is 15.2 Å². The first-order valence-electron chi connectivity index (χ1n) is 9.01. The molecule has 0 saturated carbocycles. The summed E-state index contributed by atoms with van der Waals surface area (Å²) in [5.41, 5.74) is 1.90. The summed E-state index contributed by atoms with van der Waals surface area (Å²) >= 11 is 0. The van der Waals surface area contributed by atoms with Gasteiger partial charge in [0, 0.05) is 35.5 Å². The fraction of sp³-hybridized carbons (Fsp3) is 0.421. The van der Waals surface area contributed by atoms with Gasteiger partial charge >= 0.3 is 0 Å². The molecular weight excluding hydrogens is 332 g/mol. The zero-order valence-electron chi connectivity index (χ0n) is 14.6. The number of nitrogens with one attached hydrogen (secondary N) is 2. The first-order chi connectivity index (χ1) is 12.5. The lowest BCUT2D eigenvalue weighted by atomic mass is 9.79. The molecule has 3 aliphatic heterocycles. The van der Waals surface area contributed by atoms with Gasteiger partial charge in [-0.15, -0.1) is 0 Å². The van der Waals surface area contributed by atoms with Crippen molar-refractivity contribution in [3.8, 4) is 11.3 Å². The summed E-state index contributed by atoms with van der Waals surface area (Å²) in [6.07, 6.45) is 2.28. The molecule has 2 aromatic rings. The third-order valence-electron chi connectivity index (χ3n) is 5.77. The molecule has 7 heteroatoms. The Labute approximate surface area is 151 Å². The minimum Gasteiger partial charge on any atom is -0.351 e. The molecule has 2 bridgehead atoms. The number of piperidine rings is 3. The number of non-ortho nitro benzene ring substituents is 1.